The first kappa shape index (κ1) is 25.7. The van der Waals surface area contributed by atoms with Crippen LogP contribution in [-0.2, 0) is 10.3 Å². The lowest BCUT2D eigenvalue weighted by Crippen LogP contribution is -2.56. The average molecular weight is 544 g/mol. The molecule has 3 aliphatic rings. The van der Waals surface area contributed by atoms with Crippen molar-refractivity contribution in [1.29, 1.82) is 0 Å². The Morgan fingerprint density at radius 2 is 1.58 bits per heavy atom. The van der Waals surface area contributed by atoms with E-state index in [0.29, 0.717) is 23.1 Å². The Hall–Kier alpha value is -1.99. The first-order valence-electron chi connectivity index (χ1n) is 12.5. The summed E-state index contributed by atoms with van der Waals surface area (Å²) in [5, 5.41) is 5.78. The number of nitrogens with zero attached hydrogens (tertiary/aromatic N) is 3. The minimum absolute atomic E-state index is 0.101. The van der Waals surface area contributed by atoms with Crippen LogP contribution >= 0.6 is 35.0 Å². The molecule has 0 aliphatic carbocycles. The van der Waals surface area contributed by atoms with Gasteiger partial charge in [-0.1, -0.05) is 61.3 Å². The molecule has 2 aromatic rings. The molecule has 0 bridgehead atoms. The molecule has 4 atom stereocenters. The van der Waals surface area contributed by atoms with Crippen molar-refractivity contribution in [3.63, 3.8) is 0 Å². The highest BCUT2D eigenvalue weighted by molar-refractivity contribution is 8.18. The molecule has 36 heavy (non-hydrogen) atoms. The van der Waals surface area contributed by atoms with Gasteiger partial charge in [0, 0.05) is 40.9 Å². The summed E-state index contributed by atoms with van der Waals surface area (Å²) in [4.78, 5) is 24.3. The molecule has 0 spiro atoms. The quantitative estimate of drug-likeness (QED) is 0.482. The van der Waals surface area contributed by atoms with Crippen LogP contribution < -0.4 is 5.32 Å². The molecule has 2 aromatic carbocycles. The smallest absolute Gasteiger partial charge is 0.262 e. The molecule has 190 valence electrons. The second kappa shape index (κ2) is 9.71. The number of fused-ring (bicyclic) bond motifs is 1. The fourth-order valence-electron chi connectivity index (χ4n) is 5.70. The number of hydrogen-bond donors (Lipinski definition) is 1. The molecular weight excluding hydrogens is 511 g/mol. The van der Waals surface area contributed by atoms with Crippen LogP contribution in [0.1, 0.15) is 51.8 Å². The molecule has 5 rings (SSSR count). The van der Waals surface area contributed by atoms with E-state index in [4.69, 9.17) is 28.2 Å². The standard InChI is InChI=1S/C28H32Cl2N4OS/c1-16(2)23-24(26(35)33-14-17(3)31-18(4)15-33)36-27-32-28(5,20-8-12-22(30)13-9-20)25(34(23)27)19-6-10-21(29)11-7-19/h6-13,16-18,25,31H,14-15H2,1-5H3/t17-,18+,25-,28+/m1/s1. The Bertz CT molecular complexity index is 1220. The van der Waals surface area contributed by atoms with Crippen LogP contribution in [0.4, 0.5) is 0 Å². The summed E-state index contributed by atoms with van der Waals surface area (Å²) in [7, 11) is 0. The van der Waals surface area contributed by atoms with E-state index in [1.807, 2.05) is 29.2 Å². The molecule has 3 aliphatic heterocycles. The summed E-state index contributed by atoms with van der Waals surface area (Å²) in [6, 6.07) is 16.3. The minimum atomic E-state index is -0.562. The van der Waals surface area contributed by atoms with Crippen LogP contribution in [-0.4, -0.2) is 46.0 Å². The number of hydrogen-bond acceptors (Lipinski definition) is 5. The van der Waals surface area contributed by atoms with Crippen molar-refractivity contribution in [2.45, 2.75) is 58.3 Å². The third-order valence-electron chi connectivity index (χ3n) is 7.21. The highest BCUT2D eigenvalue weighted by Gasteiger charge is 2.53. The van der Waals surface area contributed by atoms with Gasteiger partial charge in [0.25, 0.3) is 5.91 Å². The van der Waals surface area contributed by atoms with Crippen molar-refractivity contribution in [2.24, 2.45) is 10.9 Å². The maximum absolute atomic E-state index is 13.9. The van der Waals surface area contributed by atoms with Crippen LogP contribution in [0.3, 0.4) is 0 Å². The topological polar surface area (TPSA) is 47.9 Å². The Balaban J connectivity index is 1.61. The zero-order valence-corrected chi connectivity index (χ0v) is 23.6. The highest BCUT2D eigenvalue weighted by Crippen LogP contribution is 2.56. The normalized spacial score (nSPS) is 28.1. The van der Waals surface area contributed by atoms with Gasteiger partial charge in [0.15, 0.2) is 5.17 Å². The predicted octanol–water partition coefficient (Wildman–Crippen LogP) is 6.44. The highest BCUT2D eigenvalue weighted by atomic mass is 35.5. The number of nitrogens with one attached hydrogen (secondary N) is 1. The predicted molar refractivity (Wildman–Crippen MR) is 150 cm³/mol. The van der Waals surface area contributed by atoms with Gasteiger partial charge < -0.3 is 15.1 Å². The van der Waals surface area contributed by atoms with Gasteiger partial charge in [0.05, 0.1) is 6.04 Å². The number of carbonyl (C=O) groups excluding carboxylic acids is 1. The molecule has 1 saturated heterocycles. The number of aliphatic imine (C=N–C) groups is 1. The second-order valence-corrected chi connectivity index (χ2v) is 12.4. The molecule has 1 fully saturated rings. The number of rotatable bonds is 4. The summed E-state index contributed by atoms with van der Waals surface area (Å²) in [6.45, 7) is 12.2. The van der Waals surface area contributed by atoms with Crippen LogP contribution in [0, 0.1) is 5.92 Å². The van der Waals surface area contributed by atoms with Crippen molar-refractivity contribution in [1.82, 2.24) is 15.1 Å². The summed E-state index contributed by atoms with van der Waals surface area (Å²) in [5.74, 6) is 0.244. The Morgan fingerprint density at radius 3 is 2.14 bits per heavy atom. The maximum Gasteiger partial charge on any atom is 0.262 e. The molecule has 3 heterocycles. The molecule has 0 aromatic heterocycles. The van der Waals surface area contributed by atoms with E-state index in [-0.39, 0.29) is 30.0 Å². The van der Waals surface area contributed by atoms with Crippen molar-refractivity contribution >= 4 is 46.0 Å². The van der Waals surface area contributed by atoms with Gasteiger partial charge in [-0.25, -0.2) is 4.99 Å². The lowest BCUT2D eigenvalue weighted by atomic mass is 9.81. The first-order chi connectivity index (χ1) is 17.1. The Labute approximate surface area is 227 Å². The van der Waals surface area contributed by atoms with Crippen molar-refractivity contribution < 1.29 is 4.79 Å². The van der Waals surface area contributed by atoms with E-state index >= 15 is 0 Å². The maximum atomic E-state index is 13.9. The molecule has 1 amide bonds. The van der Waals surface area contributed by atoms with Crippen molar-refractivity contribution in [3.05, 3.63) is 80.3 Å². The minimum Gasteiger partial charge on any atom is -0.335 e. The molecule has 8 heteroatoms. The summed E-state index contributed by atoms with van der Waals surface area (Å²) in [6.07, 6.45) is 0. The molecule has 0 saturated carbocycles. The number of amidine groups is 1. The van der Waals surface area contributed by atoms with Crippen LogP contribution in [0.25, 0.3) is 0 Å². The number of thioether (sulfide) groups is 1. The second-order valence-electron chi connectivity index (χ2n) is 10.5. The lowest BCUT2D eigenvalue weighted by molar-refractivity contribution is -0.128. The molecular formula is C28H32Cl2N4OS. The third-order valence-corrected chi connectivity index (χ3v) is 8.77. The van der Waals surface area contributed by atoms with Crippen LogP contribution in [0.15, 0.2) is 64.1 Å². The van der Waals surface area contributed by atoms with Gasteiger partial charge in [0.1, 0.15) is 10.4 Å². The van der Waals surface area contributed by atoms with E-state index < -0.39 is 5.54 Å². The molecule has 1 N–H and O–H groups in total. The third kappa shape index (κ3) is 4.47. The Morgan fingerprint density at radius 1 is 1.03 bits per heavy atom. The molecule has 0 unspecified atom stereocenters. The zero-order chi connectivity index (χ0) is 25.8. The fraction of sp³-hybridized carbons (Fsp3) is 0.429. The molecule has 0 radical (unpaired) electrons. The van der Waals surface area contributed by atoms with Gasteiger partial charge >= 0.3 is 0 Å². The van der Waals surface area contributed by atoms with Gasteiger partial charge in [0.2, 0.25) is 0 Å². The number of piperazine rings is 1. The Kier molecular flexibility index (Phi) is 6.92. The van der Waals surface area contributed by atoms with Crippen molar-refractivity contribution in [2.75, 3.05) is 13.1 Å². The van der Waals surface area contributed by atoms with Gasteiger partial charge in [-0.05, 0) is 73.8 Å². The average Bonchev–Trinajstić information content (AvgIpc) is 3.31. The van der Waals surface area contributed by atoms with E-state index in [9.17, 15) is 4.79 Å². The summed E-state index contributed by atoms with van der Waals surface area (Å²) < 4.78 is 0. The van der Waals surface area contributed by atoms with E-state index in [1.54, 1.807) is 0 Å². The number of amides is 1. The lowest BCUT2D eigenvalue weighted by Gasteiger charge is -2.38. The monoisotopic (exact) mass is 542 g/mol. The number of halogens is 2. The number of allylic oxidation sites excluding steroid dienone is 1. The fourth-order valence-corrected chi connectivity index (χ4v) is 7.33. The summed E-state index contributed by atoms with van der Waals surface area (Å²) >= 11 is 14.0. The van der Waals surface area contributed by atoms with Crippen molar-refractivity contribution in [3.8, 4) is 0 Å². The number of benzene rings is 2. The van der Waals surface area contributed by atoms with Crippen LogP contribution in [0.5, 0.6) is 0 Å². The van der Waals surface area contributed by atoms with E-state index in [2.05, 4.69) is 69.1 Å². The largest absolute Gasteiger partial charge is 0.335 e. The van der Waals surface area contributed by atoms with E-state index in [1.165, 1.54) is 11.8 Å². The van der Waals surface area contributed by atoms with Gasteiger partial charge in [-0.15, -0.1) is 0 Å². The van der Waals surface area contributed by atoms with Crippen LogP contribution in [0.2, 0.25) is 10.0 Å². The first-order valence-corrected chi connectivity index (χ1v) is 14.0. The molecule has 5 nitrogen and oxygen atoms in total. The zero-order valence-electron chi connectivity index (χ0n) is 21.3. The number of carbonyl (C=O) groups is 1. The van der Waals surface area contributed by atoms with Gasteiger partial charge in [-0.2, -0.15) is 0 Å². The van der Waals surface area contributed by atoms with Gasteiger partial charge in [-0.3, -0.25) is 4.79 Å². The SMILES string of the molecule is CC(C)C1=C(C(=O)N2C[C@@H](C)N[C@@H](C)C2)SC2=N[C@@](C)(c3ccc(Cl)cc3)[C@@H](c3ccc(Cl)cc3)N21. The summed E-state index contributed by atoms with van der Waals surface area (Å²) in [5.41, 5.74) is 2.66. The van der Waals surface area contributed by atoms with E-state index in [0.717, 1.165) is 26.9 Å².